The summed E-state index contributed by atoms with van der Waals surface area (Å²) in [5.74, 6) is 1.28. The maximum absolute atomic E-state index is 12.1. The lowest BCUT2D eigenvalue weighted by Gasteiger charge is -2.03. The molecule has 5 heteroatoms. The van der Waals surface area contributed by atoms with Gasteiger partial charge in [0.15, 0.2) is 0 Å². The zero-order valence-corrected chi connectivity index (χ0v) is 14.7. The summed E-state index contributed by atoms with van der Waals surface area (Å²) in [4.78, 5) is 16.5. The second-order valence-electron chi connectivity index (χ2n) is 5.68. The third-order valence-corrected chi connectivity index (χ3v) is 3.99. The van der Waals surface area contributed by atoms with Crippen LogP contribution in [0.4, 0.5) is 0 Å². The van der Waals surface area contributed by atoms with Gasteiger partial charge in [-0.2, -0.15) is 0 Å². The molecule has 0 atom stereocenters. The summed E-state index contributed by atoms with van der Waals surface area (Å²) in [5, 5.41) is 3.54. The molecule has 0 bridgehead atoms. The van der Waals surface area contributed by atoms with Crippen LogP contribution in [0.2, 0.25) is 5.02 Å². The van der Waals surface area contributed by atoms with Gasteiger partial charge in [-0.05, 0) is 54.8 Å². The van der Waals surface area contributed by atoms with E-state index in [4.69, 9.17) is 16.3 Å². The minimum absolute atomic E-state index is 0.178. The van der Waals surface area contributed by atoms with Crippen LogP contribution in [0, 0.1) is 0 Å². The molecule has 0 saturated heterocycles. The Morgan fingerprint density at radius 3 is 2.80 bits per heavy atom. The summed E-state index contributed by atoms with van der Waals surface area (Å²) in [5.41, 5.74) is 2.41. The number of nitrogens with one attached hydrogen (secondary N) is 1. The molecule has 0 radical (unpaired) electrons. The van der Waals surface area contributed by atoms with Gasteiger partial charge in [0, 0.05) is 11.4 Å². The van der Waals surface area contributed by atoms with Crippen molar-refractivity contribution in [2.45, 2.75) is 19.8 Å². The van der Waals surface area contributed by atoms with Gasteiger partial charge in [-0.1, -0.05) is 35.9 Å². The molecule has 2 aromatic carbocycles. The van der Waals surface area contributed by atoms with Crippen molar-refractivity contribution in [2.75, 3.05) is 6.61 Å². The maximum Gasteiger partial charge on any atom is 0.275 e. The van der Waals surface area contributed by atoms with Gasteiger partial charge in [-0.3, -0.25) is 4.79 Å². The van der Waals surface area contributed by atoms with E-state index in [-0.39, 0.29) is 5.91 Å². The van der Waals surface area contributed by atoms with Crippen molar-refractivity contribution < 1.29 is 9.53 Å². The Morgan fingerprint density at radius 2 is 2.00 bits per heavy atom. The van der Waals surface area contributed by atoms with Crippen molar-refractivity contribution in [2.24, 2.45) is 4.99 Å². The monoisotopic (exact) mass is 354 g/mol. The lowest BCUT2D eigenvalue weighted by molar-refractivity contribution is -0.115. The number of amides is 1. The van der Waals surface area contributed by atoms with Crippen LogP contribution >= 0.6 is 11.6 Å². The number of nitrogens with zero attached hydrogens (tertiary/aromatic N) is 1. The number of halogens is 1. The molecule has 2 aromatic rings. The lowest BCUT2D eigenvalue weighted by atomic mass is 10.1. The summed E-state index contributed by atoms with van der Waals surface area (Å²) < 4.78 is 5.48. The van der Waals surface area contributed by atoms with E-state index in [1.165, 1.54) is 0 Å². The SMILES string of the molecule is CCOc1cccc(/C=C2/N=C(CCc3cccc(Cl)c3)NC2=O)c1. The van der Waals surface area contributed by atoms with Crippen LogP contribution in [-0.2, 0) is 11.2 Å². The fourth-order valence-electron chi connectivity index (χ4n) is 2.61. The van der Waals surface area contributed by atoms with E-state index >= 15 is 0 Å². The molecule has 1 N–H and O–H groups in total. The van der Waals surface area contributed by atoms with E-state index < -0.39 is 0 Å². The maximum atomic E-state index is 12.1. The molecule has 1 aliphatic heterocycles. The number of aryl methyl sites for hydroxylation is 1. The van der Waals surface area contributed by atoms with Gasteiger partial charge in [0.2, 0.25) is 0 Å². The van der Waals surface area contributed by atoms with E-state index in [2.05, 4.69) is 10.3 Å². The van der Waals surface area contributed by atoms with Crippen molar-refractivity contribution in [3.63, 3.8) is 0 Å². The van der Waals surface area contributed by atoms with Crippen molar-refractivity contribution in [3.05, 3.63) is 70.4 Å². The minimum atomic E-state index is -0.178. The summed E-state index contributed by atoms with van der Waals surface area (Å²) in [6, 6.07) is 15.3. The smallest absolute Gasteiger partial charge is 0.275 e. The predicted octanol–water partition coefficient (Wildman–Crippen LogP) is 4.24. The summed E-state index contributed by atoms with van der Waals surface area (Å²) in [7, 11) is 0. The Balaban J connectivity index is 1.70. The number of carbonyl (C=O) groups excluding carboxylic acids is 1. The van der Waals surface area contributed by atoms with Crippen molar-refractivity contribution >= 4 is 29.4 Å². The van der Waals surface area contributed by atoms with Gasteiger partial charge < -0.3 is 10.1 Å². The Hall–Kier alpha value is -2.59. The second-order valence-corrected chi connectivity index (χ2v) is 6.11. The average molecular weight is 355 g/mol. The van der Waals surface area contributed by atoms with Crippen molar-refractivity contribution in [1.82, 2.24) is 5.32 Å². The lowest BCUT2D eigenvalue weighted by Crippen LogP contribution is -2.24. The average Bonchev–Trinajstić information content (AvgIpc) is 2.94. The first-order chi connectivity index (χ1) is 12.1. The molecule has 1 aliphatic rings. The van der Waals surface area contributed by atoms with Gasteiger partial charge in [0.1, 0.15) is 17.3 Å². The molecule has 0 aliphatic carbocycles. The van der Waals surface area contributed by atoms with E-state index in [0.29, 0.717) is 29.6 Å². The molecular weight excluding hydrogens is 336 g/mol. The third kappa shape index (κ3) is 4.70. The largest absolute Gasteiger partial charge is 0.494 e. The molecule has 0 aromatic heterocycles. The van der Waals surface area contributed by atoms with E-state index in [1.54, 1.807) is 6.08 Å². The molecule has 0 unspecified atom stereocenters. The van der Waals surface area contributed by atoms with Crippen LogP contribution in [0.25, 0.3) is 6.08 Å². The second kappa shape index (κ2) is 7.99. The molecule has 1 heterocycles. The number of hydrogen-bond acceptors (Lipinski definition) is 3. The van der Waals surface area contributed by atoms with Crippen LogP contribution in [0.15, 0.2) is 59.2 Å². The first-order valence-corrected chi connectivity index (χ1v) is 8.60. The molecule has 4 nitrogen and oxygen atoms in total. The Morgan fingerprint density at radius 1 is 1.16 bits per heavy atom. The number of amidine groups is 1. The zero-order valence-electron chi connectivity index (χ0n) is 14.0. The first kappa shape index (κ1) is 17.2. The van der Waals surface area contributed by atoms with E-state index in [1.807, 2.05) is 55.5 Å². The predicted molar refractivity (Wildman–Crippen MR) is 101 cm³/mol. The quantitative estimate of drug-likeness (QED) is 0.789. The van der Waals surface area contributed by atoms with Crippen LogP contribution < -0.4 is 10.1 Å². The summed E-state index contributed by atoms with van der Waals surface area (Å²) >= 11 is 5.99. The molecule has 128 valence electrons. The number of carbonyl (C=O) groups is 1. The van der Waals surface area contributed by atoms with Crippen LogP contribution in [0.1, 0.15) is 24.5 Å². The highest BCUT2D eigenvalue weighted by atomic mass is 35.5. The first-order valence-electron chi connectivity index (χ1n) is 8.22. The highest BCUT2D eigenvalue weighted by Gasteiger charge is 2.19. The fourth-order valence-corrected chi connectivity index (χ4v) is 2.82. The van der Waals surface area contributed by atoms with E-state index in [0.717, 1.165) is 23.3 Å². The van der Waals surface area contributed by atoms with Crippen molar-refractivity contribution in [1.29, 1.82) is 0 Å². The van der Waals surface area contributed by atoms with E-state index in [9.17, 15) is 4.79 Å². The summed E-state index contributed by atoms with van der Waals surface area (Å²) in [6.07, 6.45) is 3.19. The van der Waals surface area contributed by atoms with Gasteiger partial charge >= 0.3 is 0 Å². The van der Waals surface area contributed by atoms with Gasteiger partial charge in [-0.15, -0.1) is 0 Å². The normalized spacial score (nSPS) is 15.2. The van der Waals surface area contributed by atoms with Crippen molar-refractivity contribution in [3.8, 4) is 5.75 Å². The number of hydrogen-bond donors (Lipinski definition) is 1. The number of rotatable bonds is 6. The Kier molecular flexibility index (Phi) is 5.51. The van der Waals surface area contributed by atoms with Gasteiger partial charge in [-0.25, -0.2) is 4.99 Å². The van der Waals surface area contributed by atoms with Crippen LogP contribution in [0.3, 0.4) is 0 Å². The zero-order chi connectivity index (χ0) is 17.6. The van der Waals surface area contributed by atoms with Gasteiger partial charge in [0.25, 0.3) is 5.91 Å². The molecule has 25 heavy (non-hydrogen) atoms. The van der Waals surface area contributed by atoms with Crippen LogP contribution in [-0.4, -0.2) is 18.3 Å². The Bertz CT molecular complexity index is 843. The standard InChI is InChI=1S/C20H19ClN2O2/c1-2-25-17-8-4-6-15(12-17)13-18-20(24)23-19(22-18)10-9-14-5-3-7-16(21)11-14/h3-8,11-13H,2,9-10H2,1H3,(H,22,23,24)/b18-13+. The van der Waals surface area contributed by atoms with Gasteiger partial charge in [0.05, 0.1) is 6.61 Å². The van der Waals surface area contributed by atoms with Crippen LogP contribution in [0.5, 0.6) is 5.75 Å². The highest BCUT2D eigenvalue weighted by molar-refractivity contribution is 6.30. The molecule has 3 rings (SSSR count). The molecule has 0 fully saturated rings. The Labute approximate surface area is 152 Å². The number of ether oxygens (including phenoxy) is 1. The molecule has 1 amide bonds. The molecule has 0 spiro atoms. The fraction of sp³-hybridized carbons (Fsp3) is 0.200. The number of aliphatic imine (C=N–C) groups is 1. The molecule has 0 saturated carbocycles. The topological polar surface area (TPSA) is 50.7 Å². The highest BCUT2D eigenvalue weighted by Crippen LogP contribution is 2.19. The third-order valence-electron chi connectivity index (χ3n) is 3.76. The summed E-state index contributed by atoms with van der Waals surface area (Å²) in [6.45, 7) is 2.54. The number of benzene rings is 2. The molecular formula is C20H19ClN2O2. The minimum Gasteiger partial charge on any atom is -0.494 e.